The molecule has 22 heavy (non-hydrogen) atoms. The van der Waals surface area contributed by atoms with E-state index in [-0.39, 0.29) is 24.4 Å². The Hall–Kier alpha value is -2.20. The van der Waals surface area contributed by atoms with Crippen LogP contribution in [0.3, 0.4) is 0 Å². The zero-order chi connectivity index (χ0) is 16.1. The number of carbonyl (C=O) groups is 1. The van der Waals surface area contributed by atoms with Gasteiger partial charge in [0.25, 0.3) is 5.56 Å². The van der Waals surface area contributed by atoms with E-state index in [9.17, 15) is 9.59 Å². The molecule has 0 unspecified atom stereocenters. The fourth-order valence-corrected chi connectivity index (χ4v) is 2.40. The number of aryl methyl sites for hydroxylation is 1. The molecule has 0 radical (unpaired) electrons. The van der Waals surface area contributed by atoms with Crippen LogP contribution in [0.5, 0.6) is 0 Å². The summed E-state index contributed by atoms with van der Waals surface area (Å²) in [6, 6.07) is 7.32. The molecule has 2 rings (SSSR count). The van der Waals surface area contributed by atoms with Gasteiger partial charge < -0.3 is 4.90 Å². The van der Waals surface area contributed by atoms with E-state index in [0.29, 0.717) is 23.9 Å². The van der Waals surface area contributed by atoms with Crippen molar-refractivity contribution < 1.29 is 4.79 Å². The van der Waals surface area contributed by atoms with Gasteiger partial charge in [-0.3, -0.25) is 14.2 Å². The van der Waals surface area contributed by atoms with Crippen LogP contribution in [0.15, 0.2) is 33.8 Å². The molecule has 0 spiro atoms. The van der Waals surface area contributed by atoms with Gasteiger partial charge in [-0.2, -0.15) is 5.26 Å². The van der Waals surface area contributed by atoms with E-state index in [4.69, 9.17) is 5.26 Å². The molecule has 0 saturated carbocycles. The molecule has 0 aliphatic carbocycles. The maximum Gasteiger partial charge on any atom is 0.261 e. The topological polar surface area (TPSA) is 79.0 Å². The number of halogens is 1. The Balaban J connectivity index is 2.12. The van der Waals surface area contributed by atoms with E-state index in [0.717, 1.165) is 4.47 Å². The lowest BCUT2D eigenvalue weighted by Gasteiger charge is -2.15. The van der Waals surface area contributed by atoms with Gasteiger partial charge in [-0.15, -0.1) is 0 Å². The van der Waals surface area contributed by atoms with Crippen molar-refractivity contribution >= 4 is 32.7 Å². The van der Waals surface area contributed by atoms with Gasteiger partial charge in [-0.05, 0) is 18.2 Å². The highest BCUT2D eigenvalue weighted by Gasteiger charge is 2.10. The van der Waals surface area contributed by atoms with Gasteiger partial charge >= 0.3 is 0 Å². The van der Waals surface area contributed by atoms with Crippen molar-refractivity contribution in [3.05, 3.63) is 39.4 Å². The Morgan fingerprint density at radius 1 is 1.50 bits per heavy atom. The molecular weight excluding hydrogens is 348 g/mol. The molecule has 0 aliphatic heterocycles. The predicted octanol–water partition coefficient (Wildman–Crippen LogP) is 1.92. The highest BCUT2D eigenvalue weighted by Crippen LogP contribution is 2.14. The molecule has 2 aromatic rings. The molecule has 0 atom stereocenters. The normalized spacial score (nSPS) is 10.4. The average molecular weight is 363 g/mol. The lowest BCUT2D eigenvalue weighted by molar-refractivity contribution is -0.130. The summed E-state index contributed by atoms with van der Waals surface area (Å²) >= 11 is 3.33. The molecule has 0 fully saturated rings. The van der Waals surface area contributed by atoms with Gasteiger partial charge in [-0.25, -0.2) is 4.98 Å². The van der Waals surface area contributed by atoms with Crippen molar-refractivity contribution in [3.8, 4) is 6.07 Å². The van der Waals surface area contributed by atoms with E-state index in [1.54, 1.807) is 19.2 Å². The third-order valence-corrected chi connectivity index (χ3v) is 3.83. The molecule has 1 aromatic carbocycles. The summed E-state index contributed by atoms with van der Waals surface area (Å²) in [7, 11) is 1.65. The van der Waals surface area contributed by atoms with Gasteiger partial charge in [0.05, 0.1) is 29.7 Å². The minimum atomic E-state index is -0.168. The van der Waals surface area contributed by atoms with Crippen LogP contribution in [-0.4, -0.2) is 34.0 Å². The number of amides is 1. The van der Waals surface area contributed by atoms with Gasteiger partial charge in [0.2, 0.25) is 5.91 Å². The summed E-state index contributed by atoms with van der Waals surface area (Å²) in [4.78, 5) is 30.0. The van der Waals surface area contributed by atoms with Crippen LogP contribution in [0.4, 0.5) is 0 Å². The summed E-state index contributed by atoms with van der Waals surface area (Å²) in [5.41, 5.74) is 0.459. The Labute approximate surface area is 136 Å². The molecule has 1 amide bonds. The predicted molar refractivity (Wildman–Crippen MR) is 86.2 cm³/mol. The fraction of sp³-hybridized carbons (Fsp3) is 0.333. The van der Waals surface area contributed by atoms with Gasteiger partial charge in [0, 0.05) is 31.0 Å². The van der Waals surface area contributed by atoms with Gasteiger partial charge in [0.15, 0.2) is 0 Å². The van der Waals surface area contributed by atoms with Crippen LogP contribution in [0.2, 0.25) is 0 Å². The van der Waals surface area contributed by atoms with Crippen molar-refractivity contribution in [1.82, 2.24) is 14.5 Å². The van der Waals surface area contributed by atoms with Crippen LogP contribution in [-0.2, 0) is 11.3 Å². The molecule has 1 aromatic heterocycles. The molecule has 6 nitrogen and oxygen atoms in total. The number of nitrogens with zero attached hydrogens (tertiary/aromatic N) is 4. The van der Waals surface area contributed by atoms with E-state index in [2.05, 4.69) is 20.9 Å². The first-order valence-electron chi connectivity index (χ1n) is 6.78. The minimum Gasteiger partial charge on any atom is -0.345 e. The standard InChI is InChI=1S/C15H15BrN4O2/c1-19(7-2-6-17)14(21)5-8-20-10-18-13-4-3-11(16)9-12(13)15(20)22/h3-4,9-10H,2,5,7-8H2,1H3. The quantitative estimate of drug-likeness (QED) is 0.813. The summed E-state index contributed by atoms with van der Waals surface area (Å²) in [6.07, 6.45) is 1.96. The summed E-state index contributed by atoms with van der Waals surface area (Å²) in [5.74, 6) is -0.100. The number of hydrogen-bond donors (Lipinski definition) is 0. The Morgan fingerprint density at radius 2 is 2.27 bits per heavy atom. The Bertz CT molecular complexity index is 794. The second-order valence-corrected chi connectivity index (χ2v) is 5.79. The molecule has 114 valence electrons. The first kappa shape index (κ1) is 16.2. The van der Waals surface area contributed by atoms with E-state index in [1.165, 1.54) is 15.8 Å². The molecular formula is C15H15BrN4O2. The van der Waals surface area contributed by atoms with Crippen LogP contribution in [0.25, 0.3) is 10.9 Å². The van der Waals surface area contributed by atoms with Gasteiger partial charge in [0.1, 0.15) is 0 Å². The summed E-state index contributed by atoms with van der Waals surface area (Å²) in [5, 5.41) is 9.03. The number of rotatable bonds is 5. The lowest BCUT2D eigenvalue weighted by Crippen LogP contribution is -2.30. The maximum absolute atomic E-state index is 12.4. The summed E-state index contributed by atoms with van der Waals surface area (Å²) in [6.45, 7) is 0.664. The van der Waals surface area contributed by atoms with Gasteiger partial charge in [-0.1, -0.05) is 15.9 Å². The Morgan fingerprint density at radius 3 is 3.00 bits per heavy atom. The second-order valence-electron chi connectivity index (χ2n) is 4.88. The first-order valence-corrected chi connectivity index (χ1v) is 7.58. The number of fused-ring (bicyclic) bond motifs is 1. The van der Waals surface area contributed by atoms with E-state index < -0.39 is 0 Å². The Kier molecular flexibility index (Phi) is 5.28. The largest absolute Gasteiger partial charge is 0.345 e. The average Bonchev–Trinajstić information content (AvgIpc) is 2.52. The SMILES string of the molecule is CN(CCC#N)C(=O)CCn1cnc2ccc(Br)cc2c1=O. The number of hydrogen-bond acceptors (Lipinski definition) is 4. The minimum absolute atomic E-state index is 0.100. The van der Waals surface area contributed by atoms with Crippen LogP contribution < -0.4 is 5.56 Å². The maximum atomic E-state index is 12.4. The molecule has 0 saturated heterocycles. The summed E-state index contributed by atoms with van der Waals surface area (Å²) < 4.78 is 2.24. The van der Waals surface area contributed by atoms with Crippen molar-refractivity contribution in [2.24, 2.45) is 0 Å². The third-order valence-electron chi connectivity index (χ3n) is 3.34. The first-order chi connectivity index (χ1) is 10.5. The monoisotopic (exact) mass is 362 g/mol. The lowest BCUT2D eigenvalue weighted by atomic mass is 10.2. The van der Waals surface area contributed by atoms with Crippen molar-refractivity contribution in [1.29, 1.82) is 5.26 Å². The molecule has 0 N–H and O–H groups in total. The smallest absolute Gasteiger partial charge is 0.261 e. The highest BCUT2D eigenvalue weighted by molar-refractivity contribution is 9.10. The van der Waals surface area contributed by atoms with Crippen molar-refractivity contribution in [3.63, 3.8) is 0 Å². The zero-order valence-electron chi connectivity index (χ0n) is 12.1. The second kappa shape index (κ2) is 7.18. The molecule has 0 aliphatic rings. The number of aromatic nitrogens is 2. The molecule has 1 heterocycles. The van der Waals surface area contributed by atoms with Crippen LogP contribution in [0.1, 0.15) is 12.8 Å². The molecule has 7 heteroatoms. The number of benzene rings is 1. The third kappa shape index (κ3) is 3.71. The van der Waals surface area contributed by atoms with Crippen LogP contribution >= 0.6 is 15.9 Å². The van der Waals surface area contributed by atoms with Crippen molar-refractivity contribution in [2.45, 2.75) is 19.4 Å². The highest BCUT2D eigenvalue weighted by atomic mass is 79.9. The number of carbonyl (C=O) groups excluding carboxylic acids is 1. The zero-order valence-corrected chi connectivity index (χ0v) is 13.7. The number of nitriles is 1. The molecule has 0 bridgehead atoms. The fourth-order valence-electron chi connectivity index (χ4n) is 2.04. The van der Waals surface area contributed by atoms with E-state index in [1.807, 2.05) is 12.1 Å². The van der Waals surface area contributed by atoms with E-state index >= 15 is 0 Å². The van der Waals surface area contributed by atoms with Crippen LogP contribution in [0, 0.1) is 11.3 Å². The van der Waals surface area contributed by atoms with Crippen molar-refractivity contribution in [2.75, 3.05) is 13.6 Å².